The van der Waals surface area contributed by atoms with Gasteiger partial charge in [0.15, 0.2) is 0 Å². The monoisotopic (exact) mass is 415 g/mol. The number of hydrogen-bond donors (Lipinski definition) is 2. The van der Waals surface area contributed by atoms with Crippen molar-refractivity contribution in [2.75, 3.05) is 25.0 Å². The number of hydrogen-bond acceptors (Lipinski definition) is 3. The van der Waals surface area contributed by atoms with Crippen LogP contribution < -0.4 is 10.6 Å². The molecule has 2 rings (SSSR count). The first-order valence-electron chi connectivity index (χ1n) is 9.32. The molecule has 1 unspecified atom stereocenters. The van der Waals surface area contributed by atoms with Crippen LogP contribution in [0.1, 0.15) is 57.3 Å². The minimum Gasteiger partial charge on any atom is -0.334 e. The number of benzene rings is 1. The number of halogens is 2. The first-order valence-corrected chi connectivity index (χ1v) is 9.70. The molecule has 1 atom stereocenters. The molecule has 1 aliphatic rings. The summed E-state index contributed by atoms with van der Waals surface area (Å²) < 4.78 is 0. The molecule has 2 amide bonds. The summed E-state index contributed by atoms with van der Waals surface area (Å²) >= 11 is 6.31. The topological polar surface area (TPSA) is 61.4 Å². The van der Waals surface area contributed by atoms with Crippen LogP contribution in [-0.2, 0) is 4.79 Å². The number of rotatable bonds is 6. The van der Waals surface area contributed by atoms with Gasteiger partial charge in [-0.05, 0) is 43.0 Å². The van der Waals surface area contributed by atoms with Gasteiger partial charge in [0.05, 0.1) is 10.6 Å². The standard InChI is InChI=1S/C20H30ClN3O2.ClH/c1-5-10-24(15-8-9-22-13-15)19(26)16-11-14(6-7-17(16)21)23-18(25)12-20(2,3)4;/h6-7,11,15,22H,5,8-10,12-13H2,1-4H3,(H,23,25);1H. The van der Waals surface area contributed by atoms with E-state index in [9.17, 15) is 9.59 Å². The van der Waals surface area contributed by atoms with Crippen molar-refractivity contribution in [2.45, 2.75) is 53.0 Å². The zero-order valence-corrected chi connectivity index (χ0v) is 18.2. The lowest BCUT2D eigenvalue weighted by molar-refractivity contribution is -0.117. The van der Waals surface area contributed by atoms with E-state index < -0.39 is 0 Å². The second kappa shape index (κ2) is 10.3. The Morgan fingerprint density at radius 3 is 2.59 bits per heavy atom. The summed E-state index contributed by atoms with van der Waals surface area (Å²) in [6, 6.07) is 5.30. The van der Waals surface area contributed by atoms with Crippen molar-refractivity contribution in [3.63, 3.8) is 0 Å². The van der Waals surface area contributed by atoms with Crippen LogP contribution >= 0.6 is 24.0 Å². The Morgan fingerprint density at radius 1 is 1.33 bits per heavy atom. The highest BCUT2D eigenvalue weighted by Gasteiger charge is 2.28. The van der Waals surface area contributed by atoms with Crippen LogP contribution in [-0.4, -0.2) is 42.4 Å². The zero-order chi connectivity index (χ0) is 19.3. The number of anilines is 1. The molecule has 1 aromatic carbocycles. The predicted octanol–water partition coefficient (Wildman–Crippen LogP) is 4.35. The van der Waals surface area contributed by atoms with Crippen LogP contribution in [0.2, 0.25) is 5.02 Å². The summed E-state index contributed by atoms with van der Waals surface area (Å²) in [5.74, 6) is -0.138. The summed E-state index contributed by atoms with van der Waals surface area (Å²) in [6.45, 7) is 10.5. The van der Waals surface area contributed by atoms with Crippen molar-refractivity contribution in [1.82, 2.24) is 10.2 Å². The van der Waals surface area contributed by atoms with Crippen LogP contribution in [0.5, 0.6) is 0 Å². The van der Waals surface area contributed by atoms with Gasteiger partial charge >= 0.3 is 0 Å². The SMILES string of the molecule is CCCN(C(=O)c1cc(NC(=O)CC(C)(C)C)ccc1Cl)C1CCNC1.Cl. The van der Waals surface area contributed by atoms with Gasteiger partial charge in [0.25, 0.3) is 5.91 Å². The van der Waals surface area contributed by atoms with E-state index in [1.807, 2.05) is 25.7 Å². The van der Waals surface area contributed by atoms with Crippen LogP contribution in [0.4, 0.5) is 5.69 Å². The smallest absolute Gasteiger partial charge is 0.255 e. The number of nitrogens with one attached hydrogen (secondary N) is 2. The fourth-order valence-corrected chi connectivity index (χ4v) is 3.40. The van der Waals surface area contributed by atoms with Gasteiger partial charge in [-0.3, -0.25) is 9.59 Å². The van der Waals surface area contributed by atoms with E-state index >= 15 is 0 Å². The van der Waals surface area contributed by atoms with Gasteiger partial charge in [-0.15, -0.1) is 12.4 Å². The summed E-state index contributed by atoms with van der Waals surface area (Å²) in [5.41, 5.74) is 0.955. The molecule has 27 heavy (non-hydrogen) atoms. The van der Waals surface area contributed by atoms with Crippen molar-refractivity contribution in [3.05, 3.63) is 28.8 Å². The second-order valence-electron chi connectivity index (χ2n) is 8.13. The average molecular weight is 416 g/mol. The molecule has 0 aromatic heterocycles. The van der Waals surface area contributed by atoms with E-state index in [1.165, 1.54) is 0 Å². The lowest BCUT2D eigenvalue weighted by Gasteiger charge is -2.28. The second-order valence-corrected chi connectivity index (χ2v) is 8.53. The molecular weight excluding hydrogens is 385 g/mol. The molecule has 1 aliphatic heterocycles. The molecular formula is C20H31Cl2N3O2. The van der Waals surface area contributed by atoms with Crippen LogP contribution in [0, 0.1) is 5.41 Å². The highest BCUT2D eigenvalue weighted by Crippen LogP contribution is 2.25. The van der Waals surface area contributed by atoms with Gasteiger partial charge in [0.1, 0.15) is 0 Å². The van der Waals surface area contributed by atoms with Crippen molar-refractivity contribution in [2.24, 2.45) is 5.41 Å². The summed E-state index contributed by atoms with van der Waals surface area (Å²) in [7, 11) is 0. The van der Waals surface area contributed by atoms with Crippen molar-refractivity contribution < 1.29 is 9.59 Å². The Labute approximate surface area is 173 Å². The zero-order valence-electron chi connectivity index (χ0n) is 16.6. The minimum atomic E-state index is -0.0947. The fourth-order valence-electron chi connectivity index (χ4n) is 3.20. The first-order chi connectivity index (χ1) is 12.2. The molecule has 1 saturated heterocycles. The van der Waals surface area contributed by atoms with E-state index in [4.69, 9.17) is 11.6 Å². The van der Waals surface area contributed by atoms with Gasteiger partial charge in [-0.2, -0.15) is 0 Å². The number of carbonyl (C=O) groups excluding carboxylic acids is 2. The lowest BCUT2D eigenvalue weighted by Crippen LogP contribution is -2.42. The molecule has 0 radical (unpaired) electrons. The Balaban J connectivity index is 0.00000364. The maximum atomic E-state index is 13.1. The van der Waals surface area contributed by atoms with E-state index in [2.05, 4.69) is 17.6 Å². The third-order valence-corrected chi connectivity index (χ3v) is 4.70. The minimum absolute atomic E-state index is 0. The maximum absolute atomic E-state index is 13.1. The van der Waals surface area contributed by atoms with Gasteiger partial charge < -0.3 is 15.5 Å². The largest absolute Gasteiger partial charge is 0.334 e. The molecule has 5 nitrogen and oxygen atoms in total. The Bertz CT molecular complexity index is 653. The highest BCUT2D eigenvalue weighted by atomic mass is 35.5. The van der Waals surface area contributed by atoms with Gasteiger partial charge in [-0.25, -0.2) is 0 Å². The molecule has 152 valence electrons. The number of carbonyl (C=O) groups is 2. The predicted molar refractivity (Wildman–Crippen MR) is 114 cm³/mol. The molecule has 1 fully saturated rings. The molecule has 1 heterocycles. The van der Waals surface area contributed by atoms with E-state index in [0.717, 1.165) is 25.9 Å². The summed E-state index contributed by atoms with van der Waals surface area (Å²) in [4.78, 5) is 27.2. The van der Waals surface area contributed by atoms with Crippen LogP contribution in [0.15, 0.2) is 18.2 Å². The first kappa shape index (κ1) is 23.7. The highest BCUT2D eigenvalue weighted by molar-refractivity contribution is 6.34. The molecule has 0 aliphatic carbocycles. The third-order valence-electron chi connectivity index (χ3n) is 4.37. The van der Waals surface area contributed by atoms with Crippen molar-refractivity contribution in [1.29, 1.82) is 0 Å². The average Bonchev–Trinajstić information content (AvgIpc) is 3.06. The van der Waals surface area contributed by atoms with Crippen LogP contribution in [0.25, 0.3) is 0 Å². The Hall–Kier alpha value is -1.30. The third kappa shape index (κ3) is 6.98. The fraction of sp³-hybridized carbons (Fsp3) is 0.600. The van der Waals surface area contributed by atoms with Crippen LogP contribution in [0.3, 0.4) is 0 Å². The van der Waals surface area contributed by atoms with Gasteiger partial charge in [-0.1, -0.05) is 39.3 Å². The molecule has 0 spiro atoms. The van der Waals surface area contributed by atoms with E-state index in [0.29, 0.717) is 29.2 Å². The molecule has 7 heteroatoms. The Kier molecular flexibility index (Phi) is 9.06. The van der Waals surface area contributed by atoms with Crippen molar-refractivity contribution >= 4 is 41.5 Å². The quantitative estimate of drug-likeness (QED) is 0.725. The molecule has 0 bridgehead atoms. The molecule has 1 aromatic rings. The molecule has 2 N–H and O–H groups in total. The van der Waals surface area contributed by atoms with E-state index in [1.54, 1.807) is 18.2 Å². The summed E-state index contributed by atoms with van der Waals surface area (Å²) in [6.07, 6.45) is 2.25. The lowest BCUT2D eigenvalue weighted by atomic mass is 9.92. The number of amides is 2. The van der Waals surface area contributed by atoms with Gasteiger partial charge in [0.2, 0.25) is 5.91 Å². The maximum Gasteiger partial charge on any atom is 0.255 e. The normalized spacial score (nSPS) is 16.6. The summed E-state index contributed by atoms with van der Waals surface area (Å²) in [5, 5.41) is 6.60. The molecule has 0 saturated carbocycles. The van der Waals surface area contributed by atoms with Gasteiger partial charge in [0, 0.05) is 31.2 Å². The van der Waals surface area contributed by atoms with E-state index in [-0.39, 0.29) is 35.7 Å². The number of nitrogens with zero attached hydrogens (tertiary/aromatic N) is 1. The van der Waals surface area contributed by atoms with Crippen molar-refractivity contribution in [3.8, 4) is 0 Å². The Morgan fingerprint density at radius 2 is 2.04 bits per heavy atom.